The lowest BCUT2D eigenvalue weighted by molar-refractivity contribution is -0.165. The second-order valence-corrected chi connectivity index (χ2v) is 8.65. The Bertz CT molecular complexity index is 686. The highest BCUT2D eigenvalue weighted by atomic mass is 16.5. The van der Waals surface area contributed by atoms with E-state index in [1.54, 1.807) is 0 Å². The number of tetrazole rings is 1. The molecule has 3 fully saturated rings. The van der Waals surface area contributed by atoms with E-state index in [0.717, 1.165) is 45.2 Å². The number of amides is 2. The summed E-state index contributed by atoms with van der Waals surface area (Å²) in [5.74, 6) is 1.17. The van der Waals surface area contributed by atoms with E-state index in [-0.39, 0.29) is 24.0 Å². The van der Waals surface area contributed by atoms with Crippen molar-refractivity contribution in [3.63, 3.8) is 0 Å². The quantitative estimate of drug-likeness (QED) is 0.755. The van der Waals surface area contributed by atoms with Crippen molar-refractivity contribution in [3.05, 3.63) is 6.33 Å². The number of piperidine rings is 1. The molecule has 2 aliphatic heterocycles. The number of nitrogens with zero attached hydrogens (tertiary/aromatic N) is 6. The zero-order valence-corrected chi connectivity index (χ0v) is 16.6. The van der Waals surface area contributed by atoms with Crippen LogP contribution in [-0.2, 0) is 20.9 Å². The Kier molecular flexibility index (Phi) is 5.61. The van der Waals surface area contributed by atoms with Crippen LogP contribution in [0.15, 0.2) is 6.33 Å². The van der Waals surface area contributed by atoms with Gasteiger partial charge < -0.3 is 14.5 Å². The second kappa shape index (κ2) is 8.14. The molecule has 154 valence electrons. The molecule has 1 aromatic rings. The summed E-state index contributed by atoms with van der Waals surface area (Å²) >= 11 is 0. The SMILES string of the molecule is CC1CCCC(C(=O)N2CCC3(CC2)CN(C(=O)Cn2cnnn2)CCO3)C1. The Balaban J connectivity index is 1.31. The minimum absolute atomic E-state index is 0.00433. The van der Waals surface area contributed by atoms with E-state index in [2.05, 4.69) is 22.4 Å². The van der Waals surface area contributed by atoms with Crippen LogP contribution in [0.25, 0.3) is 0 Å². The van der Waals surface area contributed by atoms with Gasteiger partial charge in [0.1, 0.15) is 12.9 Å². The first-order valence-electron chi connectivity index (χ1n) is 10.5. The van der Waals surface area contributed by atoms with E-state index in [1.165, 1.54) is 17.4 Å². The van der Waals surface area contributed by atoms with Crippen molar-refractivity contribution in [1.29, 1.82) is 0 Å². The number of carbonyl (C=O) groups is 2. The maximum absolute atomic E-state index is 12.9. The summed E-state index contributed by atoms with van der Waals surface area (Å²) in [5.41, 5.74) is -0.328. The molecule has 2 unspecified atom stereocenters. The summed E-state index contributed by atoms with van der Waals surface area (Å²) in [6.45, 7) is 5.55. The highest BCUT2D eigenvalue weighted by molar-refractivity contribution is 5.79. The van der Waals surface area contributed by atoms with E-state index >= 15 is 0 Å². The molecule has 2 atom stereocenters. The van der Waals surface area contributed by atoms with Gasteiger partial charge in [-0.25, -0.2) is 4.68 Å². The monoisotopic (exact) mass is 390 g/mol. The maximum atomic E-state index is 12.9. The highest BCUT2D eigenvalue weighted by Crippen LogP contribution is 2.34. The highest BCUT2D eigenvalue weighted by Gasteiger charge is 2.42. The van der Waals surface area contributed by atoms with Gasteiger partial charge in [-0.05, 0) is 42.0 Å². The summed E-state index contributed by atoms with van der Waals surface area (Å²) in [5, 5.41) is 10.9. The minimum atomic E-state index is -0.328. The van der Waals surface area contributed by atoms with Gasteiger partial charge in [-0.15, -0.1) is 5.10 Å². The van der Waals surface area contributed by atoms with E-state index in [4.69, 9.17) is 4.74 Å². The molecule has 3 aliphatic rings. The number of ether oxygens (including phenoxy) is 1. The first-order valence-corrected chi connectivity index (χ1v) is 10.5. The van der Waals surface area contributed by atoms with Gasteiger partial charge >= 0.3 is 0 Å². The Morgan fingerprint density at radius 1 is 1.18 bits per heavy atom. The topological polar surface area (TPSA) is 93.5 Å². The summed E-state index contributed by atoms with van der Waals surface area (Å²) in [7, 11) is 0. The molecule has 2 amide bonds. The standard InChI is InChI=1S/C19H30N6O3/c1-15-3-2-4-16(11-15)18(27)23-7-5-19(6-8-23)13-24(9-10-28-19)17(26)12-25-14-20-21-22-25/h14-16H,2-13H2,1H3. The van der Waals surface area contributed by atoms with E-state index in [1.807, 2.05) is 9.80 Å². The van der Waals surface area contributed by atoms with Crippen LogP contribution in [0.2, 0.25) is 0 Å². The van der Waals surface area contributed by atoms with Crippen molar-refractivity contribution in [3.8, 4) is 0 Å². The number of likely N-dealkylation sites (tertiary alicyclic amines) is 1. The van der Waals surface area contributed by atoms with E-state index < -0.39 is 0 Å². The fourth-order valence-corrected chi connectivity index (χ4v) is 4.90. The zero-order chi connectivity index (χ0) is 19.6. The van der Waals surface area contributed by atoms with Crippen LogP contribution < -0.4 is 0 Å². The van der Waals surface area contributed by atoms with Crippen LogP contribution in [0.3, 0.4) is 0 Å². The smallest absolute Gasteiger partial charge is 0.244 e. The molecular formula is C19H30N6O3. The van der Waals surface area contributed by atoms with Gasteiger partial charge in [-0.1, -0.05) is 19.8 Å². The van der Waals surface area contributed by atoms with Gasteiger partial charge in [-0.2, -0.15) is 0 Å². The summed E-state index contributed by atoms with van der Waals surface area (Å²) < 4.78 is 7.58. The van der Waals surface area contributed by atoms with Crippen molar-refractivity contribution in [2.24, 2.45) is 11.8 Å². The van der Waals surface area contributed by atoms with Crippen LogP contribution in [-0.4, -0.2) is 80.2 Å². The third kappa shape index (κ3) is 4.19. The summed E-state index contributed by atoms with van der Waals surface area (Å²) in [6.07, 6.45) is 7.49. The number of morpholine rings is 1. The summed E-state index contributed by atoms with van der Waals surface area (Å²) in [4.78, 5) is 29.4. The third-order valence-corrected chi connectivity index (χ3v) is 6.56. The molecule has 1 aliphatic carbocycles. The average molecular weight is 390 g/mol. The van der Waals surface area contributed by atoms with Gasteiger partial charge in [0.15, 0.2) is 0 Å². The van der Waals surface area contributed by atoms with Crippen LogP contribution in [0.4, 0.5) is 0 Å². The predicted octanol–water partition coefficient (Wildman–Crippen LogP) is 0.719. The van der Waals surface area contributed by atoms with Crippen molar-refractivity contribution < 1.29 is 14.3 Å². The third-order valence-electron chi connectivity index (χ3n) is 6.56. The molecule has 0 aromatic carbocycles. The summed E-state index contributed by atoms with van der Waals surface area (Å²) in [6, 6.07) is 0. The normalized spacial score (nSPS) is 27.8. The van der Waals surface area contributed by atoms with E-state index in [0.29, 0.717) is 31.5 Å². The predicted molar refractivity (Wildman–Crippen MR) is 100 cm³/mol. The van der Waals surface area contributed by atoms with Gasteiger partial charge in [0, 0.05) is 32.1 Å². The number of rotatable bonds is 3. The molecule has 9 nitrogen and oxygen atoms in total. The van der Waals surface area contributed by atoms with Crippen molar-refractivity contribution in [2.45, 2.75) is 57.6 Å². The molecule has 1 aromatic heterocycles. The second-order valence-electron chi connectivity index (χ2n) is 8.65. The molecule has 3 heterocycles. The fraction of sp³-hybridized carbons (Fsp3) is 0.842. The van der Waals surface area contributed by atoms with Crippen LogP contribution in [0, 0.1) is 11.8 Å². The molecule has 1 spiro atoms. The first kappa shape index (κ1) is 19.3. The van der Waals surface area contributed by atoms with Gasteiger partial charge in [0.25, 0.3) is 0 Å². The fourth-order valence-electron chi connectivity index (χ4n) is 4.90. The molecule has 9 heteroatoms. The Labute approximate surface area is 165 Å². The van der Waals surface area contributed by atoms with Crippen molar-refractivity contribution in [2.75, 3.05) is 32.8 Å². The maximum Gasteiger partial charge on any atom is 0.244 e. The molecule has 0 bridgehead atoms. The molecule has 4 rings (SSSR count). The minimum Gasteiger partial charge on any atom is -0.371 e. The van der Waals surface area contributed by atoms with Gasteiger partial charge in [0.2, 0.25) is 11.8 Å². The van der Waals surface area contributed by atoms with Crippen LogP contribution in [0.5, 0.6) is 0 Å². The molecular weight excluding hydrogens is 360 g/mol. The average Bonchev–Trinajstić information content (AvgIpc) is 3.21. The largest absolute Gasteiger partial charge is 0.371 e. The number of aromatic nitrogens is 4. The number of hydrogen-bond acceptors (Lipinski definition) is 6. The zero-order valence-electron chi connectivity index (χ0n) is 16.6. The number of carbonyl (C=O) groups excluding carboxylic acids is 2. The molecule has 0 N–H and O–H groups in total. The molecule has 0 radical (unpaired) electrons. The first-order chi connectivity index (χ1) is 13.5. The lowest BCUT2D eigenvalue weighted by Crippen LogP contribution is -2.59. The van der Waals surface area contributed by atoms with Gasteiger partial charge in [0.05, 0.1) is 12.2 Å². The lowest BCUT2D eigenvalue weighted by atomic mass is 9.81. The van der Waals surface area contributed by atoms with Crippen molar-refractivity contribution >= 4 is 11.8 Å². The lowest BCUT2D eigenvalue weighted by Gasteiger charge is -2.47. The molecule has 28 heavy (non-hydrogen) atoms. The van der Waals surface area contributed by atoms with Crippen LogP contribution in [0.1, 0.15) is 45.4 Å². The number of hydrogen-bond donors (Lipinski definition) is 0. The van der Waals surface area contributed by atoms with E-state index in [9.17, 15) is 9.59 Å². The Morgan fingerprint density at radius 2 is 2.00 bits per heavy atom. The Morgan fingerprint density at radius 3 is 2.71 bits per heavy atom. The van der Waals surface area contributed by atoms with Gasteiger partial charge in [-0.3, -0.25) is 9.59 Å². The Hall–Kier alpha value is -2.03. The van der Waals surface area contributed by atoms with Crippen LogP contribution >= 0.6 is 0 Å². The molecule has 1 saturated carbocycles. The van der Waals surface area contributed by atoms with Crippen molar-refractivity contribution in [1.82, 2.24) is 30.0 Å². The molecule has 2 saturated heterocycles.